The number of nitriles is 1. The molecule has 0 spiro atoms. The summed E-state index contributed by atoms with van der Waals surface area (Å²) in [6.45, 7) is 6.14. The lowest BCUT2D eigenvalue weighted by Gasteiger charge is -2.27. The van der Waals surface area contributed by atoms with E-state index in [4.69, 9.17) is 10.5 Å². The number of allylic oxidation sites excluding steroid dienone is 1. The average Bonchev–Trinajstić information content (AvgIpc) is 2.68. The average molecular weight is 232 g/mol. The van der Waals surface area contributed by atoms with E-state index in [1.807, 2.05) is 6.92 Å². The Hall–Kier alpha value is -1.96. The first-order chi connectivity index (χ1) is 8.10. The lowest BCUT2D eigenvalue weighted by Crippen LogP contribution is -2.23. The zero-order valence-electron chi connectivity index (χ0n) is 10.2. The van der Waals surface area contributed by atoms with Crippen LogP contribution in [0.1, 0.15) is 37.4 Å². The Kier molecular flexibility index (Phi) is 2.80. The largest absolute Gasteiger partial charge is 0.420 e. The Morgan fingerprint density at radius 3 is 2.94 bits per heavy atom. The van der Waals surface area contributed by atoms with Gasteiger partial charge in [-0.2, -0.15) is 5.26 Å². The molecule has 0 aliphatic carbocycles. The number of nitrogens with zero attached hydrogens (tertiary/aromatic N) is 2. The number of nitrogens with two attached hydrogens (primary N) is 1. The molecule has 0 saturated carbocycles. The van der Waals surface area contributed by atoms with Gasteiger partial charge in [0.1, 0.15) is 6.07 Å². The predicted octanol–water partition coefficient (Wildman–Crippen LogP) is 1.93. The van der Waals surface area contributed by atoms with Crippen molar-refractivity contribution in [2.24, 2.45) is 11.7 Å². The minimum absolute atomic E-state index is 0.0208. The summed E-state index contributed by atoms with van der Waals surface area (Å²) in [5, 5.41) is 16.2. The molecule has 0 unspecified atom stereocenters. The van der Waals surface area contributed by atoms with Gasteiger partial charge in [0.05, 0.1) is 5.57 Å². The van der Waals surface area contributed by atoms with Gasteiger partial charge in [0.15, 0.2) is 0 Å². The lowest BCUT2D eigenvalue weighted by atomic mass is 9.79. The number of aromatic nitrogens is 2. The zero-order valence-corrected chi connectivity index (χ0v) is 10.2. The summed E-state index contributed by atoms with van der Waals surface area (Å²) in [4.78, 5) is 0. The minimum atomic E-state index is -0.0208. The summed E-state index contributed by atoms with van der Waals surface area (Å²) < 4.78 is 5.37. The fourth-order valence-corrected chi connectivity index (χ4v) is 2.25. The van der Waals surface area contributed by atoms with Gasteiger partial charge in [-0.25, -0.2) is 0 Å². The van der Waals surface area contributed by atoms with Crippen molar-refractivity contribution >= 4 is 0 Å². The van der Waals surface area contributed by atoms with Crippen molar-refractivity contribution in [2.75, 3.05) is 0 Å². The van der Waals surface area contributed by atoms with E-state index in [0.29, 0.717) is 17.4 Å². The van der Waals surface area contributed by atoms with Crippen LogP contribution in [0.2, 0.25) is 0 Å². The molecule has 0 aromatic carbocycles. The highest BCUT2D eigenvalue weighted by molar-refractivity contribution is 5.48. The van der Waals surface area contributed by atoms with Crippen LogP contribution >= 0.6 is 0 Å². The van der Waals surface area contributed by atoms with Crippen molar-refractivity contribution in [1.82, 2.24) is 10.2 Å². The van der Waals surface area contributed by atoms with Gasteiger partial charge < -0.3 is 10.5 Å². The third kappa shape index (κ3) is 1.66. The van der Waals surface area contributed by atoms with Crippen molar-refractivity contribution in [1.29, 1.82) is 5.26 Å². The zero-order chi connectivity index (χ0) is 12.6. The highest BCUT2D eigenvalue weighted by Gasteiger charge is 2.35. The maximum Gasteiger partial charge on any atom is 0.243 e. The topological polar surface area (TPSA) is 87.7 Å². The van der Waals surface area contributed by atoms with Crippen LogP contribution < -0.4 is 10.5 Å². The Morgan fingerprint density at radius 1 is 1.65 bits per heavy atom. The SMILES string of the molecule is CC[C@H](C)[C@@H]1C(C#N)=C(N)Oc2n[nH]c(C)c21. The number of ether oxygens (including phenoxy) is 1. The molecule has 0 bridgehead atoms. The molecule has 5 nitrogen and oxygen atoms in total. The van der Waals surface area contributed by atoms with Crippen molar-refractivity contribution < 1.29 is 4.74 Å². The number of H-pyrrole nitrogens is 1. The number of aryl methyl sites for hydroxylation is 1. The standard InChI is InChI=1S/C12H16N4O/c1-4-6(2)9-8(5-13)11(14)17-12-10(9)7(3)15-16-12/h6,9H,4,14H2,1-3H3,(H,15,16)/t6-,9+/m0/s1. The molecule has 1 aromatic rings. The molecular formula is C12H16N4O. The van der Waals surface area contributed by atoms with Gasteiger partial charge in [-0.15, -0.1) is 5.10 Å². The molecule has 2 atom stereocenters. The third-order valence-corrected chi connectivity index (χ3v) is 3.39. The van der Waals surface area contributed by atoms with Crippen molar-refractivity contribution in [3.8, 4) is 11.9 Å². The van der Waals surface area contributed by atoms with Gasteiger partial charge in [-0.1, -0.05) is 20.3 Å². The van der Waals surface area contributed by atoms with E-state index in [9.17, 15) is 5.26 Å². The number of rotatable bonds is 2. The van der Waals surface area contributed by atoms with Gasteiger partial charge in [0, 0.05) is 17.2 Å². The molecule has 90 valence electrons. The molecule has 2 heterocycles. The first-order valence-electron chi connectivity index (χ1n) is 5.72. The molecule has 3 N–H and O–H groups in total. The molecule has 0 saturated heterocycles. The molecule has 1 aliphatic rings. The number of fused-ring (bicyclic) bond motifs is 1. The highest BCUT2D eigenvalue weighted by Crippen LogP contribution is 2.43. The fraction of sp³-hybridized carbons (Fsp3) is 0.500. The number of hydrogen-bond donors (Lipinski definition) is 2. The molecule has 0 radical (unpaired) electrons. The minimum Gasteiger partial charge on any atom is -0.420 e. The second kappa shape index (κ2) is 4.13. The molecule has 5 heteroatoms. The van der Waals surface area contributed by atoms with Crippen LogP contribution in [0.4, 0.5) is 0 Å². The highest BCUT2D eigenvalue weighted by atomic mass is 16.5. The maximum atomic E-state index is 9.23. The maximum absolute atomic E-state index is 9.23. The molecule has 0 amide bonds. The van der Waals surface area contributed by atoms with Gasteiger partial charge in [-0.3, -0.25) is 5.10 Å². The molecule has 17 heavy (non-hydrogen) atoms. The van der Waals surface area contributed by atoms with Crippen LogP contribution in [0.15, 0.2) is 11.5 Å². The second-order valence-corrected chi connectivity index (χ2v) is 4.42. The first kappa shape index (κ1) is 11.5. The van der Waals surface area contributed by atoms with E-state index >= 15 is 0 Å². The Morgan fingerprint density at radius 2 is 2.35 bits per heavy atom. The number of aromatic amines is 1. The van der Waals surface area contributed by atoms with Crippen LogP contribution in [0.5, 0.6) is 5.88 Å². The van der Waals surface area contributed by atoms with Crippen molar-refractivity contribution in [3.05, 3.63) is 22.7 Å². The van der Waals surface area contributed by atoms with E-state index in [0.717, 1.165) is 17.7 Å². The smallest absolute Gasteiger partial charge is 0.243 e. The lowest BCUT2D eigenvalue weighted by molar-refractivity contribution is 0.352. The predicted molar refractivity (Wildman–Crippen MR) is 63.0 cm³/mol. The quantitative estimate of drug-likeness (QED) is 0.815. The van der Waals surface area contributed by atoms with Crippen molar-refractivity contribution in [2.45, 2.75) is 33.1 Å². The summed E-state index contributed by atoms with van der Waals surface area (Å²) in [7, 11) is 0. The first-order valence-corrected chi connectivity index (χ1v) is 5.72. The van der Waals surface area contributed by atoms with E-state index in [1.54, 1.807) is 0 Å². The van der Waals surface area contributed by atoms with Gasteiger partial charge in [-0.05, 0) is 12.8 Å². The molecule has 2 rings (SSSR count). The number of hydrogen-bond acceptors (Lipinski definition) is 4. The second-order valence-electron chi connectivity index (χ2n) is 4.42. The molecule has 1 aliphatic heterocycles. The van der Waals surface area contributed by atoms with Crippen LogP contribution in [0.25, 0.3) is 0 Å². The monoisotopic (exact) mass is 232 g/mol. The summed E-state index contributed by atoms with van der Waals surface area (Å²) in [5.41, 5.74) is 8.19. The van der Waals surface area contributed by atoms with Gasteiger partial charge in [0.2, 0.25) is 11.8 Å². The Bertz CT molecular complexity index is 509. The number of nitrogens with one attached hydrogen (secondary N) is 1. The fourth-order valence-electron chi connectivity index (χ4n) is 2.25. The van der Waals surface area contributed by atoms with Crippen LogP contribution in [-0.4, -0.2) is 10.2 Å². The van der Waals surface area contributed by atoms with E-state index in [-0.39, 0.29) is 11.8 Å². The van der Waals surface area contributed by atoms with Gasteiger partial charge >= 0.3 is 0 Å². The van der Waals surface area contributed by atoms with E-state index < -0.39 is 0 Å². The van der Waals surface area contributed by atoms with E-state index in [2.05, 4.69) is 30.1 Å². The normalized spacial score (nSPS) is 20.5. The Balaban J connectivity index is 2.58. The third-order valence-electron chi connectivity index (χ3n) is 3.39. The molecule has 0 fully saturated rings. The summed E-state index contributed by atoms with van der Waals surface area (Å²) in [5.74, 6) is 0.982. The van der Waals surface area contributed by atoms with Crippen LogP contribution in [0.3, 0.4) is 0 Å². The summed E-state index contributed by atoms with van der Waals surface area (Å²) in [6.07, 6.45) is 0.965. The summed E-state index contributed by atoms with van der Waals surface area (Å²) >= 11 is 0. The van der Waals surface area contributed by atoms with Gasteiger partial charge in [0.25, 0.3) is 0 Å². The summed E-state index contributed by atoms with van der Waals surface area (Å²) in [6, 6.07) is 2.16. The molecular weight excluding hydrogens is 216 g/mol. The molecule has 1 aromatic heterocycles. The van der Waals surface area contributed by atoms with Crippen LogP contribution in [-0.2, 0) is 0 Å². The van der Waals surface area contributed by atoms with Crippen LogP contribution in [0, 0.1) is 24.2 Å². The van der Waals surface area contributed by atoms with E-state index in [1.165, 1.54) is 0 Å². The Labute approximate surface area is 100 Å². The van der Waals surface area contributed by atoms with Crippen molar-refractivity contribution in [3.63, 3.8) is 0 Å².